The highest BCUT2D eigenvalue weighted by Gasteiger charge is 2.39. The molecule has 1 saturated heterocycles. The normalized spacial score (nSPS) is 23.6. The Morgan fingerprint density at radius 2 is 2.05 bits per heavy atom. The number of morpholine rings is 1. The molecule has 1 aromatic rings. The SMILES string of the molecule is CN(C)C(=O)[C@]1(C)CN(CCc2ccccc2)CCO1. The van der Waals surface area contributed by atoms with Crippen molar-refractivity contribution in [3.63, 3.8) is 0 Å². The summed E-state index contributed by atoms with van der Waals surface area (Å²) in [4.78, 5) is 16.1. The molecule has 1 amide bonds. The predicted molar refractivity (Wildman–Crippen MR) is 79.6 cm³/mol. The van der Waals surface area contributed by atoms with Gasteiger partial charge in [0.2, 0.25) is 0 Å². The van der Waals surface area contributed by atoms with Crippen molar-refractivity contribution in [3.8, 4) is 0 Å². The molecule has 0 aromatic heterocycles. The van der Waals surface area contributed by atoms with Crippen LogP contribution in [0, 0.1) is 0 Å². The Hall–Kier alpha value is -1.39. The first kappa shape index (κ1) is 15.0. The number of carbonyl (C=O) groups excluding carboxylic acids is 1. The van der Waals surface area contributed by atoms with E-state index in [4.69, 9.17) is 4.74 Å². The molecule has 0 spiro atoms. The largest absolute Gasteiger partial charge is 0.363 e. The number of likely N-dealkylation sites (N-methyl/N-ethyl adjacent to an activating group) is 1. The van der Waals surface area contributed by atoms with E-state index in [1.807, 2.05) is 13.0 Å². The Morgan fingerprint density at radius 3 is 2.70 bits per heavy atom. The third-order valence-corrected chi connectivity index (χ3v) is 3.77. The summed E-state index contributed by atoms with van der Waals surface area (Å²) in [6, 6.07) is 10.4. The van der Waals surface area contributed by atoms with Crippen LogP contribution in [0.5, 0.6) is 0 Å². The molecular weight excluding hydrogens is 252 g/mol. The standard InChI is InChI=1S/C16H24N2O2/c1-16(15(19)17(2)3)13-18(11-12-20-16)10-9-14-7-5-4-6-8-14/h4-8H,9-13H2,1-3H3/t16-/m0/s1. The van der Waals surface area contributed by atoms with Crippen molar-refractivity contribution in [3.05, 3.63) is 35.9 Å². The molecule has 20 heavy (non-hydrogen) atoms. The smallest absolute Gasteiger partial charge is 0.255 e. The first-order chi connectivity index (χ1) is 9.51. The molecule has 4 nitrogen and oxygen atoms in total. The molecule has 0 unspecified atom stereocenters. The quantitative estimate of drug-likeness (QED) is 0.833. The number of carbonyl (C=O) groups is 1. The fraction of sp³-hybridized carbons (Fsp3) is 0.562. The van der Waals surface area contributed by atoms with E-state index < -0.39 is 5.60 Å². The average molecular weight is 276 g/mol. The second kappa shape index (κ2) is 6.37. The topological polar surface area (TPSA) is 32.8 Å². The van der Waals surface area contributed by atoms with Gasteiger partial charge in [-0.05, 0) is 18.9 Å². The van der Waals surface area contributed by atoms with Crippen LogP contribution < -0.4 is 0 Å². The third kappa shape index (κ3) is 3.58. The lowest BCUT2D eigenvalue weighted by molar-refractivity contribution is -0.164. The van der Waals surface area contributed by atoms with Gasteiger partial charge in [0.1, 0.15) is 0 Å². The number of benzene rings is 1. The van der Waals surface area contributed by atoms with E-state index in [-0.39, 0.29) is 5.91 Å². The molecule has 2 rings (SSSR count). The Morgan fingerprint density at radius 1 is 1.35 bits per heavy atom. The van der Waals surface area contributed by atoms with Crippen molar-refractivity contribution in [2.45, 2.75) is 18.9 Å². The molecule has 0 saturated carbocycles. The lowest BCUT2D eigenvalue weighted by atomic mass is 10.0. The summed E-state index contributed by atoms with van der Waals surface area (Å²) >= 11 is 0. The van der Waals surface area contributed by atoms with Crippen LogP contribution in [0.4, 0.5) is 0 Å². The molecule has 0 radical (unpaired) electrons. The molecule has 0 N–H and O–H groups in total. The Bertz CT molecular complexity index is 447. The van der Waals surface area contributed by atoms with E-state index >= 15 is 0 Å². The average Bonchev–Trinajstić information content (AvgIpc) is 2.45. The summed E-state index contributed by atoms with van der Waals surface area (Å²) in [5.74, 6) is 0.0434. The molecular formula is C16H24N2O2. The summed E-state index contributed by atoms with van der Waals surface area (Å²) in [5.41, 5.74) is 0.623. The molecule has 1 atom stereocenters. The highest BCUT2D eigenvalue weighted by molar-refractivity contribution is 5.84. The second-order valence-electron chi connectivity index (χ2n) is 5.79. The van der Waals surface area contributed by atoms with E-state index in [0.717, 1.165) is 19.5 Å². The maximum absolute atomic E-state index is 12.2. The van der Waals surface area contributed by atoms with Gasteiger partial charge < -0.3 is 9.64 Å². The molecule has 1 aliphatic rings. The fourth-order valence-corrected chi connectivity index (χ4v) is 2.68. The summed E-state index contributed by atoms with van der Waals surface area (Å²) < 4.78 is 5.74. The van der Waals surface area contributed by atoms with Gasteiger partial charge in [-0.25, -0.2) is 0 Å². The molecule has 1 heterocycles. The highest BCUT2D eigenvalue weighted by Crippen LogP contribution is 2.20. The van der Waals surface area contributed by atoms with Gasteiger partial charge in [0.05, 0.1) is 6.61 Å². The third-order valence-electron chi connectivity index (χ3n) is 3.77. The highest BCUT2D eigenvalue weighted by atomic mass is 16.5. The van der Waals surface area contributed by atoms with Crippen LogP contribution in [-0.2, 0) is 16.0 Å². The van der Waals surface area contributed by atoms with Gasteiger partial charge in [0.15, 0.2) is 5.60 Å². The summed E-state index contributed by atoms with van der Waals surface area (Å²) in [6.45, 7) is 5.03. The molecule has 0 bridgehead atoms. The molecule has 1 fully saturated rings. The number of hydrogen-bond acceptors (Lipinski definition) is 3. The van der Waals surface area contributed by atoms with Gasteiger partial charge in [0.25, 0.3) is 5.91 Å². The first-order valence-electron chi connectivity index (χ1n) is 7.13. The minimum absolute atomic E-state index is 0.0434. The van der Waals surface area contributed by atoms with Crippen molar-refractivity contribution < 1.29 is 9.53 Å². The summed E-state index contributed by atoms with van der Waals surface area (Å²) in [6.07, 6.45) is 1.01. The van der Waals surface area contributed by atoms with E-state index in [0.29, 0.717) is 13.2 Å². The van der Waals surface area contributed by atoms with Crippen molar-refractivity contribution in [1.82, 2.24) is 9.80 Å². The van der Waals surface area contributed by atoms with Crippen LogP contribution in [0.25, 0.3) is 0 Å². The van der Waals surface area contributed by atoms with E-state index in [9.17, 15) is 4.79 Å². The van der Waals surface area contributed by atoms with Crippen LogP contribution >= 0.6 is 0 Å². The number of nitrogens with zero attached hydrogens (tertiary/aromatic N) is 2. The Labute approximate surface area is 121 Å². The van der Waals surface area contributed by atoms with Crippen molar-refractivity contribution >= 4 is 5.91 Å². The Balaban J connectivity index is 1.92. The molecule has 0 aliphatic carbocycles. The second-order valence-corrected chi connectivity index (χ2v) is 5.79. The van der Waals surface area contributed by atoms with Crippen LogP contribution in [0.1, 0.15) is 12.5 Å². The minimum atomic E-state index is -0.710. The van der Waals surface area contributed by atoms with Crippen LogP contribution in [0.3, 0.4) is 0 Å². The molecule has 110 valence electrons. The van der Waals surface area contributed by atoms with E-state index in [1.165, 1.54) is 5.56 Å². The first-order valence-corrected chi connectivity index (χ1v) is 7.13. The van der Waals surface area contributed by atoms with E-state index in [1.54, 1.807) is 19.0 Å². The lowest BCUT2D eigenvalue weighted by Gasteiger charge is -2.40. The van der Waals surface area contributed by atoms with Gasteiger partial charge in [-0.1, -0.05) is 30.3 Å². The van der Waals surface area contributed by atoms with Crippen LogP contribution in [0.2, 0.25) is 0 Å². The molecule has 1 aromatic carbocycles. The molecule has 4 heteroatoms. The van der Waals surface area contributed by atoms with Crippen molar-refractivity contribution in [1.29, 1.82) is 0 Å². The molecule has 1 aliphatic heterocycles. The van der Waals surface area contributed by atoms with Gasteiger partial charge in [-0.3, -0.25) is 9.69 Å². The van der Waals surface area contributed by atoms with Crippen molar-refractivity contribution in [2.24, 2.45) is 0 Å². The maximum Gasteiger partial charge on any atom is 0.255 e. The predicted octanol–water partition coefficient (Wildman–Crippen LogP) is 1.41. The van der Waals surface area contributed by atoms with E-state index in [2.05, 4.69) is 29.2 Å². The summed E-state index contributed by atoms with van der Waals surface area (Å²) in [7, 11) is 3.56. The maximum atomic E-state index is 12.2. The van der Waals surface area contributed by atoms with Gasteiger partial charge in [0, 0.05) is 33.7 Å². The Kier molecular flexibility index (Phi) is 4.78. The fourth-order valence-electron chi connectivity index (χ4n) is 2.68. The van der Waals surface area contributed by atoms with Crippen LogP contribution in [0.15, 0.2) is 30.3 Å². The van der Waals surface area contributed by atoms with Gasteiger partial charge in [-0.15, -0.1) is 0 Å². The number of amides is 1. The van der Waals surface area contributed by atoms with Gasteiger partial charge in [-0.2, -0.15) is 0 Å². The lowest BCUT2D eigenvalue weighted by Crippen LogP contribution is -2.58. The number of hydrogen-bond donors (Lipinski definition) is 0. The zero-order valence-corrected chi connectivity index (χ0v) is 12.6. The van der Waals surface area contributed by atoms with Crippen LogP contribution in [-0.4, -0.2) is 61.6 Å². The van der Waals surface area contributed by atoms with Gasteiger partial charge >= 0.3 is 0 Å². The zero-order valence-electron chi connectivity index (χ0n) is 12.6. The van der Waals surface area contributed by atoms with Crippen molar-refractivity contribution in [2.75, 3.05) is 40.3 Å². The number of rotatable bonds is 4. The monoisotopic (exact) mass is 276 g/mol. The minimum Gasteiger partial charge on any atom is -0.363 e. The summed E-state index contributed by atoms with van der Waals surface area (Å²) in [5, 5.41) is 0. The zero-order chi connectivity index (χ0) is 14.6. The number of ether oxygens (including phenoxy) is 1.